The molecule has 0 saturated carbocycles. The van der Waals surface area contributed by atoms with Crippen molar-refractivity contribution in [1.29, 1.82) is 0 Å². The van der Waals surface area contributed by atoms with Gasteiger partial charge in [0.1, 0.15) is 0 Å². The number of aromatic nitrogens is 1. The van der Waals surface area contributed by atoms with E-state index in [0.717, 1.165) is 0 Å². The fraction of sp³-hybridized carbons (Fsp3) is 0.350. The van der Waals surface area contributed by atoms with Crippen molar-refractivity contribution in [3.05, 3.63) is 50.7 Å². The van der Waals surface area contributed by atoms with Crippen LogP contribution in [0.3, 0.4) is 0 Å². The second-order valence-electron chi connectivity index (χ2n) is 7.18. The van der Waals surface area contributed by atoms with Crippen LogP contribution in [0.25, 0.3) is 21.7 Å². The van der Waals surface area contributed by atoms with Gasteiger partial charge in [-0.3, -0.25) is 4.79 Å². The van der Waals surface area contributed by atoms with E-state index in [2.05, 4.69) is 15.9 Å². The molecule has 31 heavy (non-hydrogen) atoms. The summed E-state index contributed by atoms with van der Waals surface area (Å²) in [4.78, 5) is 13.0. The van der Waals surface area contributed by atoms with Crippen molar-refractivity contribution in [2.75, 3.05) is 5.73 Å². The average Bonchev–Trinajstić information content (AvgIpc) is 2.65. The lowest BCUT2D eigenvalue weighted by atomic mass is 9.90. The Labute approximate surface area is 180 Å². The molecule has 0 aliphatic heterocycles. The number of aliphatic hydroxyl groups is 1. The molecule has 0 spiro atoms. The Hall–Kier alpha value is -2.27. The van der Waals surface area contributed by atoms with Gasteiger partial charge in [-0.2, -0.15) is 26.3 Å². The molecule has 0 aliphatic carbocycles. The normalized spacial score (nSPS) is 13.3. The predicted molar refractivity (Wildman–Crippen MR) is 109 cm³/mol. The zero-order valence-corrected chi connectivity index (χ0v) is 17.6. The molecule has 3 rings (SSSR count). The number of benzene rings is 2. The quantitative estimate of drug-likeness (QED) is 0.272. The molecule has 11 heteroatoms. The smallest absolute Gasteiger partial charge is 0.399 e. The number of halogens is 7. The van der Waals surface area contributed by atoms with E-state index in [4.69, 9.17) is 5.73 Å². The second-order valence-corrected chi connectivity index (χ2v) is 8.03. The largest absolute Gasteiger partial charge is 0.430 e. The lowest BCUT2D eigenvalue weighted by molar-refractivity contribution is -0.376. The van der Waals surface area contributed by atoms with E-state index in [0.29, 0.717) is 25.0 Å². The highest BCUT2D eigenvalue weighted by atomic mass is 79.9. The molecule has 0 saturated heterocycles. The van der Waals surface area contributed by atoms with Crippen molar-refractivity contribution >= 4 is 43.3 Å². The van der Waals surface area contributed by atoms with Gasteiger partial charge in [-0.05, 0) is 52.0 Å². The van der Waals surface area contributed by atoms with Crippen molar-refractivity contribution in [3.8, 4) is 0 Å². The molecule has 0 atom stereocenters. The topological polar surface area (TPSA) is 68.2 Å². The first-order valence-electron chi connectivity index (χ1n) is 9.15. The average molecular weight is 511 g/mol. The van der Waals surface area contributed by atoms with Crippen LogP contribution < -0.4 is 11.3 Å². The van der Waals surface area contributed by atoms with Gasteiger partial charge in [-0.15, -0.1) is 0 Å². The highest BCUT2D eigenvalue weighted by Gasteiger charge is 2.71. The standard InChI is InChI=1S/C20H17BrF6N2O2/c1-2-3-6-29-16-13(12-5-4-11(28)9-14(12)17(29)30)7-10(8-15(16)21)18(31,19(22,23)24)20(25,26)27/h4-5,7-9,31H,2-3,6,28H2,1H3. The number of anilines is 1. The van der Waals surface area contributed by atoms with Crippen molar-refractivity contribution in [2.24, 2.45) is 0 Å². The molecule has 0 aliphatic rings. The van der Waals surface area contributed by atoms with Crippen molar-refractivity contribution in [2.45, 2.75) is 44.3 Å². The summed E-state index contributed by atoms with van der Waals surface area (Å²) in [5.41, 5.74) is -0.903. The molecule has 0 bridgehead atoms. The van der Waals surface area contributed by atoms with Crippen LogP contribution in [0.2, 0.25) is 0 Å². The predicted octanol–water partition coefficient (Wildman–Crippen LogP) is 5.61. The molecular formula is C20H17BrF6N2O2. The molecule has 0 unspecified atom stereocenters. The molecule has 0 amide bonds. The van der Waals surface area contributed by atoms with Gasteiger partial charge in [0.25, 0.3) is 11.2 Å². The van der Waals surface area contributed by atoms with Crippen LogP contribution >= 0.6 is 15.9 Å². The Morgan fingerprint density at radius 3 is 2.16 bits per heavy atom. The summed E-state index contributed by atoms with van der Waals surface area (Å²) in [5, 5.41) is 9.98. The monoisotopic (exact) mass is 510 g/mol. The van der Waals surface area contributed by atoms with E-state index < -0.39 is 29.1 Å². The first-order valence-corrected chi connectivity index (χ1v) is 9.95. The Kier molecular flexibility index (Phi) is 5.81. The van der Waals surface area contributed by atoms with Crippen molar-refractivity contribution in [3.63, 3.8) is 0 Å². The van der Waals surface area contributed by atoms with Crippen LogP contribution in [0.5, 0.6) is 0 Å². The van der Waals surface area contributed by atoms with Gasteiger partial charge in [-0.25, -0.2) is 0 Å². The molecule has 3 aromatic rings. The fourth-order valence-electron chi connectivity index (χ4n) is 3.53. The Morgan fingerprint density at radius 1 is 1.00 bits per heavy atom. The summed E-state index contributed by atoms with van der Waals surface area (Å²) >= 11 is 3.02. The van der Waals surface area contributed by atoms with E-state index >= 15 is 0 Å². The lowest BCUT2D eigenvalue weighted by Crippen LogP contribution is -2.53. The van der Waals surface area contributed by atoms with E-state index in [9.17, 15) is 36.2 Å². The molecule has 2 aromatic carbocycles. The number of fused-ring (bicyclic) bond motifs is 3. The second kappa shape index (κ2) is 7.70. The summed E-state index contributed by atoms with van der Waals surface area (Å²) in [6, 6.07) is 5.24. The molecule has 1 heterocycles. The van der Waals surface area contributed by atoms with E-state index in [1.54, 1.807) is 0 Å². The summed E-state index contributed by atoms with van der Waals surface area (Å²) in [6.07, 6.45) is -10.8. The number of nitrogens with two attached hydrogens (primary N) is 1. The summed E-state index contributed by atoms with van der Waals surface area (Å²) < 4.78 is 81.7. The fourth-order valence-corrected chi connectivity index (χ4v) is 4.20. The third-order valence-electron chi connectivity index (χ3n) is 5.12. The molecule has 0 fully saturated rings. The Balaban J connectivity index is 2.53. The number of hydrogen-bond donors (Lipinski definition) is 2. The lowest BCUT2D eigenvalue weighted by Gasteiger charge is -2.33. The molecule has 168 valence electrons. The van der Waals surface area contributed by atoms with E-state index in [1.165, 1.54) is 22.8 Å². The highest BCUT2D eigenvalue weighted by molar-refractivity contribution is 9.10. The number of rotatable bonds is 4. The highest BCUT2D eigenvalue weighted by Crippen LogP contribution is 2.51. The van der Waals surface area contributed by atoms with Crippen molar-refractivity contribution in [1.82, 2.24) is 4.57 Å². The minimum atomic E-state index is -6.03. The molecule has 0 radical (unpaired) electrons. The number of hydrogen-bond acceptors (Lipinski definition) is 3. The Morgan fingerprint density at radius 2 is 1.61 bits per heavy atom. The first-order chi connectivity index (χ1) is 14.2. The van der Waals surface area contributed by atoms with Crippen molar-refractivity contribution < 1.29 is 31.4 Å². The van der Waals surface area contributed by atoms with Gasteiger partial charge < -0.3 is 15.4 Å². The van der Waals surface area contributed by atoms with Crippen LogP contribution in [0.1, 0.15) is 25.3 Å². The minimum Gasteiger partial charge on any atom is -0.399 e. The van der Waals surface area contributed by atoms with Crippen LogP contribution in [0.4, 0.5) is 32.0 Å². The number of aryl methyl sites for hydroxylation is 1. The van der Waals surface area contributed by atoms with Gasteiger partial charge in [0.2, 0.25) is 0 Å². The summed E-state index contributed by atoms with van der Waals surface area (Å²) in [6.45, 7) is 2.06. The van der Waals surface area contributed by atoms with E-state index in [-0.39, 0.29) is 38.4 Å². The number of nitrogen functional groups attached to an aromatic ring is 1. The molecule has 4 nitrogen and oxygen atoms in total. The van der Waals surface area contributed by atoms with Gasteiger partial charge in [0.05, 0.1) is 5.52 Å². The first kappa shape index (κ1) is 23.4. The number of unbranched alkanes of at least 4 members (excludes halogenated alkanes) is 1. The molecule has 1 aromatic heterocycles. The third kappa shape index (κ3) is 3.67. The maximum Gasteiger partial charge on any atom is 0.430 e. The SMILES string of the molecule is CCCCn1c(=O)c2cc(N)ccc2c2cc(C(O)(C(F)(F)F)C(F)(F)F)cc(Br)c21. The van der Waals surface area contributed by atoms with Crippen LogP contribution in [-0.4, -0.2) is 22.0 Å². The Bertz CT molecular complexity index is 1200. The molecule has 3 N–H and O–H groups in total. The number of pyridine rings is 1. The number of alkyl halides is 6. The number of nitrogens with zero attached hydrogens (tertiary/aromatic N) is 1. The minimum absolute atomic E-state index is 0.0511. The van der Waals surface area contributed by atoms with Gasteiger partial charge in [-0.1, -0.05) is 19.4 Å². The van der Waals surface area contributed by atoms with Crippen LogP contribution in [0, 0.1) is 0 Å². The maximum absolute atomic E-state index is 13.4. The van der Waals surface area contributed by atoms with Gasteiger partial charge in [0.15, 0.2) is 0 Å². The van der Waals surface area contributed by atoms with Crippen LogP contribution in [0.15, 0.2) is 39.6 Å². The van der Waals surface area contributed by atoms with E-state index in [1.807, 2.05) is 6.92 Å². The third-order valence-corrected chi connectivity index (χ3v) is 5.72. The molecular weight excluding hydrogens is 494 g/mol. The maximum atomic E-state index is 13.4. The summed E-state index contributed by atoms with van der Waals surface area (Å²) in [7, 11) is 0. The van der Waals surface area contributed by atoms with Gasteiger partial charge in [0, 0.05) is 33.0 Å². The zero-order chi connectivity index (χ0) is 23.4. The van der Waals surface area contributed by atoms with Crippen LogP contribution in [-0.2, 0) is 12.1 Å². The zero-order valence-electron chi connectivity index (χ0n) is 16.0. The van der Waals surface area contributed by atoms with Gasteiger partial charge >= 0.3 is 12.4 Å². The summed E-state index contributed by atoms with van der Waals surface area (Å²) in [5.74, 6) is 0.